The Hall–Kier alpha value is -1.11. The van der Waals surface area contributed by atoms with E-state index in [0.717, 1.165) is 6.42 Å². The summed E-state index contributed by atoms with van der Waals surface area (Å²) in [5.41, 5.74) is 3.80. The second kappa shape index (κ2) is 9.12. The molecule has 0 N–H and O–H groups in total. The van der Waals surface area contributed by atoms with Crippen LogP contribution >= 0.6 is 0 Å². The van der Waals surface area contributed by atoms with Crippen molar-refractivity contribution >= 4 is 5.78 Å². The van der Waals surface area contributed by atoms with Crippen LogP contribution in [0.3, 0.4) is 0 Å². The third-order valence-corrected chi connectivity index (χ3v) is 5.25. The van der Waals surface area contributed by atoms with Crippen LogP contribution in [0.15, 0.2) is 18.2 Å². The maximum atomic E-state index is 12.8. The molecule has 0 bridgehead atoms. The number of carbonyl (C=O) groups excluding carboxylic acids is 1. The zero-order valence-corrected chi connectivity index (χ0v) is 14.0. The number of aryl methyl sites for hydroxylation is 2. The number of Topliss-reactive ketones (excluding diaryl/α,β-unsaturated/α-hetero) is 1. The lowest BCUT2D eigenvalue weighted by Crippen LogP contribution is -2.28. The van der Waals surface area contributed by atoms with E-state index in [2.05, 4.69) is 39.0 Å². The van der Waals surface area contributed by atoms with Crippen LogP contribution in [0.2, 0.25) is 0 Å². The Labute approximate surface area is 137 Å². The van der Waals surface area contributed by atoms with Gasteiger partial charge in [0.25, 0.3) is 0 Å². The van der Waals surface area contributed by atoms with E-state index < -0.39 is 0 Å². The molecule has 1 aromatic carbocycles. The van der Waals surface area contributed by atoms with Gasteiger partial charge in [0, 0.05) is 12.3 Å². The van der Waals surface area contributed by atoms with E-state index in [-0.39, 0.29) is 7.43 Å². The summed E-state index contributed by atoms with van der Waals surface area (Å²) in [6, 6.07) is 6.35. The monoisotopic (exact) mass is 302 g/mol. The smallest absolute Gasteiger partial charge is 0.140 e. The van der Waals surface area contributed by atoms with Gasteiger partial charge in [0.05, 0.1) is 0 Å². The highest BCUT2D eigenvalue weighted by Gasteiger charge is 2.30. The molecule has 1 aliphatic carbocycles. The highest BCUT2D eigenvalue weighted by Crippen LogP contribution is 2.35. The summed E-state index contributed by atoms with van der Waals surface area (Å²) in [7, 11) is 0. The normalized spacial score (nSPS) is 21.2. The molecular formula is C21H34O. The van der Waals surface area contributed by atoms with Gasteiger partial charge in [0.15, 0.2) is 0 Å². The van der Waals surface area contributed by atoms with Gasteiger partial charge in [0.1, 0.15) is 5.78 Å². The molecule has 0 saturated heterocycles. The summed E-state index contributed by atoms with van der Waals surface area (Å²) in [5.74, 6) is 1.47. The number of hydrogen-bond acceptors (Lipinski definition) is 1. The van der Waals surface area contributed by atoms with Crippen LogP contribution in [0.4, 0.5) is 0 Å². The molecule has 2 atom stereocenters. The van der Waals surface area contributed by atoms with E-state index in [1.807, 2.05) is 0 Å². The van der Waals surface area contributed by atoms with Gasteiger partial charge in [-0.15, -0.1) is 0 Å². The summed E-state index contributed by atoms with van der Waals surface area (Å²) >= 11 is 0. The zero-order valence-electron chi connectivity index (χ0n) is 14.0. The first-order chi connectivity index (χ1) is 10.1. The molecule has 2 unspecified atom stereocenters. The Morgan fingerprint density at radius 2 is 1.77 bits per heavy atom. The number of rotatable bonds is 6. The van der Waals surface area contributed by atoms with Gasteiger partial charge in [0.2, 0.25) is 0 Å². The van der Waals surface area contributed by atoms with Crippen molar-refractivity contribution in [3.63, 3.8) is 0 Å². The van der Waals surface area contributed by atoms with Crippen LogP contribution in [0.1, 0.15) is 76.0 Å². The Morgan fingerprint density at radius 1 is 1.14 bits per heavy atom. The van der Waals surface area contributed by atoms with E-state index in [0.29, 0.717) is 24.0 Å². The summed E-state index contributed by atoms with van der Waals surface area (Å²) in [5, 5.41) is 0. The molecule has 1 aliphatic rings. The first-order valence-corrected chi connectivity index (χ1v) is 8.71. The van der Waals surface area contributed by atoms with Crippen LogP contribution < -0.4 is 0 Å². The molecule has 1 saturated carbocycles. The van der Waals surface area contributed by atoms with E-state index in [1.54, 1.807) is 0 Å². The molecule has 22 heavy (non-hydrogen) atoms. The maximum absolute atomic E-state index is 12.8. The molecule has 0 spiro atoms. The van der Waals surface area contributed by atoms with Crippen LogP contribution in [-0.2, 0) is 11.2 Å². The van der Waals surface area contributed by atoms with Crippen molar-refractivity contribution in [2.45, 2.75) is 79.6 Å². The Morgan fingerprint density at radius 3 is 2.41 bits per heavy atom. The van der Waals surface area contributed by atoms with Crippen molar-refractivity contribution in [3.8, 4) is 0 Å². The van der Waals surface area contributed by atoms with Crippen molar-refractivity contribution < 1.29 is 4.79 Å². The number of carbonyl (C=O) groups is 1. The molecule has 0 aromatic heterocycles. The summed E-state index contributed by atoms with van der Waals surface area (Å²) in [6.07, 6.45) is 9.37. The molecule has 1 nitrogen and oxygen atoms in total. The van der Waals surface area contributed by atoms with E-state index in [9.17, 15) is 4.79 Å². The number of ketones is 1. The van der Waals surface area contributed by atoms with Gasteiger partial charge in [-0.2, -0.15) is 0 Å². The van der Waals surface area contributed by atoms with Gasteiger partial charge in [-0.1, -0.05) is 58.2 Å². The highest BCUT2D eigenvalue weighted by molar-refractivity contribution is 5.84. The van der Waals surface area contributed by atoms with Crippen LogP contribution in [0.25, 0.3) is 0 Å². The topological polar surface area (TPSA) is 17.1 Å². The Kier molecular flexibility index (Phi) is 7.85. The molecule has 0 radical (unpaired) electrons. The molecule has 0 aliphatic heterocycles. The number of benzene rings is 1. The molecule has 1 aromatic rings. The number of hydrogen-bond donors (Lipinski definition) is 0. The third-order valence-electron chi connectivity index (χ3n) is 5.25. The van der Waals surface area contributed by atoms with Gasteiger partial charge in [-0.3, -0.25) is 4.79 Å². The van der Waals surface area contributed by atoms with Gasteiger partial charge in [-0.25, -0.2) is 0 Å². The lowest BCUT2D eigenvalue weighted by molar-refractivity contribution is -0.125. The quantitative estimate of drug-likeness (QED) is 0.625. The molecule has 1 fully saturated rings. The highest BCUT2D eigenvalue weighted by atomic mass is 16.1. The lowest BCUT2D eigenvalue weighted by Gasteiger charge is -2.31. The largest absolute Gasteiger partial charge is 0.299 e. The van der Waals surface area contributed by atoms with Gasteiger partial charge >= 0.3 is 0 Å². The summed E-state index contributed by atoms with van der Waals surface area (Å²) in [6.45, 7) is 6.51. The second-order valence-electron chi connectivity index (χ2n) is 6.81. The van der Waals surface area contributed by atoms with Crippen LogP contribution in [0, 0.1) is 25.7 Å². The van der Waals surface area contributed by atoms with Crippen LogP contribution in [-0.4, -0.2) is 5.78 Å². The predicted octanol–water partition coefficient (Wildman–Crippen LogP) is 6.05. The fraction of sp³-hybridized carbons (Fsp3) is 0.667. The summed E-state index contributed by atoms with van der Waals surface area (Å²) in [4.78, 5) is 12.8. The van der Waals surface area contributed by atoms with Crippen molar-refractivity contribution in [3.05, 3.63) is 34.9 Å². The van der Waals surface area contributed by atoms with E-state index >= 15 is 0 Å². The average Bonchev–Trinajstić information content (AvgIpc) is 2.49. The minimum atomic E-state index is 0. The van der Waals surface area contributed by atoms with Crippen molar-refractivity contribution in [1.82, 2.24) is 0 Å². The SMILES string of the molecule is C.CCCCC1CCCCC1C(=O)Cc1c(C)cccc1C. The molecule has 2 rings (SSSR count). The predicted molar refractivity (Wildman–Crippen MR) is 96.3 cm³/mol. The van der Waals surface area contributed by atoms with E-state index in [1.165, 1.54) is 55.2 Å². The fourth-order valence-electron chi connectivity index (χ4n) is 3.88. The second-order valence-corrected chi connectivity index (χ2v) is 6.81. The number of unbranched alkanes of at least 4 members (excludes halogenated alkanes) is 1. The van der Waals surface area contributed by atoms with Crippen molar-refractivity contribution in [2.75, 3.05) is 0 Å². The molecule has 1 heteroatoms. The van der Waals surface area contributed by atoms with E-state index in [4.69, 9.17) is 0 Å². The zero-order chi connectivity index (χ0) is 15.2. The van der Waals surface area contributed by atoms with Gasteiger partial charge < -0.3 is 0 Å². The van der Waals surface area contributed by atoms with Crippen molar-refractivity contribution in [1.29, 1.82) is 0 Å². The molecule has 0 heterocycles. The van der Waals surface area contributed by atoms with Gasteiger partial charge in [-0.05, 0) is 55.7 Å². The minimum absolute atomic E-state index is 0. The Bertz CT molecular complexity index is 455. The third kappa shape index (κ3) is 4.69. The lowest BCUT2D eigenvalue weighted by atomic mass is 9.73. The van der Waals surface area contributed by atoms with Crippen LogP contribution in [0.5, 0.6) is 0 Å². The summed E-state index contributed by atoms with van der Waals surface area (Å²) < 4.78 is 0. The first-order valence-electron chi connectivity index (χ1n) is 8.71. The van der Waals surface area contributed by atoms with Crippen molar-refractivity contribution in [2.24, 2.45) is 11.8 Å². The first kappa shape index (κ1) is 18.9. The average molecular weight is 303 g/mol. The molecule has 124 valence electrons. The maximum Gasteiger partial charge on any atom is 0.140 e. The minimum Gasteiger partial charge on any atom is -0.299 e. The Balaban J connectivity index is 0.00000242. The fourth-order valence-corrected chi connectivity index (χ4v) is 3.88. The molecular weight excluding hydrogens is 268 g/mol. The molecule has 0 amide bonds. The standard InChI is InChI=1S/C20H30O.CH4/c1-4-5-11-17-12-6-7-13-18(17)20(21)14-19-15(2)9-8-10-16(19)3;/h8-10,17-18H,4-7,11-14H2,1-3H3;1H4.